The number of aliphatic hydroxyl groups excluding tert-OH is 1. The molecule has 1 aromatic heterocycles. The van der Waals surface area contributed by atoms with Crippen LogP contribution in [0.3, 0.4) is 0 Å². The molecule has 1 unspecified atom stereocenters. The Balaban J connectivity index is 1.47. The highest BCUT2D eigenvalue weighted by Crippen LogP contribution is 2.33. The molecule has 1 aromatic carbocycles. The third kappa shape index (κ3) is 5.04. The summed E-state index contributed by atoms with van der Waals surface area (Å²) in [5.41, 5.74) is 0.00230. The van der Waals surface area contributed by atoms with Gasteiger partial charge >= 0.3 is 5.97 Å². The fourth-order valence-electron chi connectivity index (χ4n) is 3.34. The van der Waals surface area contributed by atoms with Crippen LogP contribution in [0.2, 0.25) is 5.02 Å². The number of thiophene rings is 1. The van der Waals surface area contributed by atoms with Crippen molar-refractivity contribution in [3.8, 4) is 5.75 Å². The number of benzene rings is 1. The zero-order valence-electron chi connectivity index (χ0n) is 15.6. The van der Waals surface area contributed by atoms with Gasteiger partial charge in [-0.15, -0.1) is 11.3 Å². The molecule has 0 bridgehead atoms. The van der Waals surface area contributed by atoms with Crippen molar-refractivity contribution in [2.75, 3.05) is 33.4 Å². The molecule has 0 spiro atoms. The van der Waals surface area contributed by atoms with Crippen LogP contribution in [-0.4, -0.2) is 60.5 Å². The highest BCUT2D eigenvalue weighted by molar-refractivity contribution is 7.12. The van der Waals surface area contributed by atoms with Crippen LogP contribution >= 0.6 is 22.9 Å². The van der Waals surface area contributed by atoms with Crippen molar-refractivity contribution >= 4 is 28.9 Å². The minimum absolute atomic E-state index is 0.0820. The van der Waals surface area contributed by atoms with E-state index < -0.39 is 17.7 Å². The molecule has 28 heavy (non-hydrogen) atoms. The standard InChI is InChI=1S/C20H24ClNO5S/c1-26-19(24)18-17(6-11-28-18)27-13-16(23)12-22-9-7-20(25,8-10-22)14-2-4-15(21)5-3-14/h2-6,11,16,23,25H,7-10,12-13H2,1H3. The van der Waals surface area contributed by atoms with E-state index in [9.17, 15) is 15.0 Å². The molecule has 8 heteroatoms. The number of hydrogen-bond donors (Lipinski definition) is 2. The van der Waals surface area contributed by atoms with Crippen LogP contribution in [-0.2, 0) is 10.3 Å². The van der Waals surface area contributed by atoms with Crippen LogP contribution in [0.25, 0.3) is 0 Å². The molecule has 1 fully saturated rings. The SMILES string of the molecule is COC(=O)c1sccc1OCC(O)CN1CCC(O)(c2ccc(Cl)cc2)CC1. The van der Waals surface area contributed by atoms with Crippen molar-refractivity contribution in [2.45, 2.75) is 24.5 Å². The Hall–Kier alpha value is -1.64. The Morgan fingerprint density at radius 1 is 1.29 bits per heavy atom. The minimum Gasteiger partial charge on any atom is -0.489 e. The monoisotopic (exact) mass is 425 g/mol. The summed E-state index contributed by atoms with van der Waals surface area (Å²) in [6, 6.07) is 8.99. The first-order chi connectivity index (χ1) is 13.4. The third-order valence-electron chi connectivity index (χ3n) is 4.96. The number of carbonyl (C=O) groups excluding carboxylic acids is 1. The lowest BCUT2D eigenvalue weighted by atomic mass is 9.84. The molecule has 6 nitrogen and oxygen atoms in total. The largest absolute Gasteiger partial charge is 0.489 e. The van der Waals surface area contributed by atoms with Gasteiger partial charge in [0.15, 0.2) is 4.88 Å². The summed E-state index contributed by atoms with van der Waals surface area (Å²) in [7, 11) is 1.32. The Kier molecular flexibility index (Phi) is 6.95. The molecule has 2 aromatic rings. The minimum atomic E-state index is -0.866. The second-order valence-corrected chi connectivity index (χ2v) is 8.26. The number of esters is 1. The summed E-state index contributed by atoms with van der Waals surface area (Å²) in [5, 5.41) is 23.6. The molecule has 1 aliphatic heterocycles. The molecule has 1 aliphatic rings. The summed E-state index contributed by atoms with van der Waals surface area (Å²) in [5.74, 6) is -0.0244. The van der Waals surface area contributed by atoms with Gasteiger partial charge in [-0.2, -0.15) is 0 Å². The number of halogens is 1. The molecule has 1 atom stereocenters. The van der Waals surface area contributed by atoms with Crippen molar-refractivity contribution in [3.63, 3.8) is 0 Å². The predicted octanol–water partition coefficient (Wildman–Crippen LogP) is 2.91. The van der Waals surface area contributed by atoms with E-state index in [0.717, 1.165) is 5.56 Å². The van der Waals surface area contributed by atoms with E-state index in [1.54, 1.807) is 23.6 Å². The summed E-state index contributed by atoms with van der Waals surface area (Å²) in [6.07, 6.45) is 0.463. The van der Waals surface area contributed by atoms with E-state index in [0.29, 0.717) is 48.1 Å². The van der Waals surface area contributed by atoms with Gasteiger partial charge in [0.2, 0.25) is 0 Å². The van der Waals surface area contributed by atoms with Gasteiger partial charge < -0.3 is 24.6 Å². The van der Waals surface area contributed by atoms with Crippen molar-refractivity contribution in [1.29, 1.82) is 0 Å². The summed E-state index contributed by atoms with van der Waals surface area (Å²) in [4.78, 5) is 14.2. The average molecular weight is 426 g/mol. The van der Waals surface area contributed by atoms with Gasteiger partial charge in [0.25, 0.3) is 0 Å². The maximum absolute atomic E-state index is 11.7. The van der Waals surface area contributed by atoms with E-state index in [2.05, 4.69) is 4.90 Å². The zero-order chi connectivity index (χ0) is 20.1. The zero-order valence-corrected chi connectivity index (χ0v) is 17.2. The van der Waals surface area contributed by atoms with Gasteiger partial charge in [-0.3, -0.25) is 0 Å². The Morgan fingerprint density at radius 3 is 2.61 bits per heavy atom. The average Bonchev–Trinajstić information content (AvgIpc) is 3.17. The molecular weight excluding hydrogens is 402 g/mol. The molecule has 3 rings (SSSR count). The molecule has 0 aliphatic carbocycles. The summed E-state index contributed by atoms with van der Waals surface area (Å²) in [6.45, 7) is 1.86. The molecular formula is C20H24ClNO5S. The fourth-order valence-corrected chi connectivity index (χ4v) is 4.22. The summed E-state index contributed by atoms with van der Waals surface area (Å²) >= 11 is 7.16. The van der Waals surface area contributed by atoms with Crippen LogP contribution in [0, 0.1) is 0 Å². The molecule has 152 valence electrons. The van der Waals surface area contributed by atoms with Gasteiger partial charge in [-0.25, -0.2) is 4.79 Å². The lowest BCUT2D eigenvalue weighted by Crippen LogP contribution is -2.46. The Bertz CT molecular complexity index is 786. The van der Waals surface area contributed by atoms with Crippen molar-refractivity contribution in [3.05, 3.63) is 51.2 Å². The van der Waals surface area contributed by atoms with E-state index in [4.69, 9.17) is 21.1 Å². The number of carbonyl (C=O) groups is 1. The van der Waals surface area contributed by atoms with Gasteiger partial charge in [0, 0.05) is 24.7 Å². The van der Waals surface area contributed by atoms with Crippen LogP contribution in [0.5, 0.6) is 5.75 Å². The number of methoxy groups -OCH3 is 1. The number of hydrogen-bond acceptors (Lipinski definition) is 7. The van der Waals surface area contributed by atoms with Crippen molar-refractivity contribution in [2.24, 2.45) is 0 Å². The lowest BCUT2D eigenvalue weighted by molar-refractivity contribution is -0.0372. The van der Waals surface area contributed by atoms with Crippen molar-refractivity contribution < 1.29 is 24.5 Å². The highest BCUT2D eigenvalue weighted by Gasteiger charge is 2.34. The van der Waals surface area contributed by atoms with Gasteiger partial charge in [-0.05, 0) is 42.0 Å². The molecule has 0 amide bonds. The number of rotatable bonds is 7. The van der Waals surface area contributed by atoms with E-state index >= 15 is 0 Å². The number of piperidine rings is 1. The normalized spacial score (nSPS) is 17.9. The number of aliphatic hydroxyl groups is 2. The number of likely N-dealkylation sites (tertiary alicyclic amines) is 1. The van der Waals surface area contributed by atoms with Crippen LogP contribution in [0.4, 0.5) is 0 Å². The maximum Gasteiger partial charge on any atom is 0.351 e. The first kappa shape index (κ1) is 21.1. The predicted molar refractivity (Wildman–Crippen MR) is 108 cm³/mol. The summed E-state index contributed by atoms with van der Waals surface area (Å²) < 4.78 is 10.3. The van der Waals surface area contributed by atoms with Crippen LogP contribution in [0.15, 0.2) is 35.7 Å². The quantitative estimate of drug-likeness (QED) is 0.664. The Morgan fingerprint density at radius 2 is 1.96 bits per heavy atom. The molecule has 0 radical (unpaired) electrons. The van der Waals surface area contributed by atoms with Gasteiger partial charge in [0.1, 0.15) is 18.5 Å². The number of ether oxygens (including phenoxy) is 2. The molecule has 2 N–H and O–H groups in total. The third-order valence-corrected chi connectivity index (χ3v) is 6.09. The van der Waals surface area contributed by atoms with Crippen molar-refractivity contribution in [1.82, 2.24) is 4.90 Å². The lowest BCUT2D eigenvalue weighted by Gasteiger charge is -2.39. The smallest absolute Gasteiger partial charge is 0.351 e. The Labute approximate surface area is 173 Å². The van der Waals surface area contributed by atoms with Crippen LogP contribution in [0.1, 0.15) is 28.1 Å². The second kappa shape index (κ2) is 9.24. The maximum atomic E-state index is 11.7. The second-order valence-electron chi connectivity index (χ2n) is 6.91. The fraction of sp³-hybridized carbons (Fsp3) is 0.450. The topological polar surface area (TPSA) is 79.2 Å². The molecule has 0 saturated carbocycles. The first-order valence-electron chi connectivity index (χ1n) is 9.09. The number of β-amino-alcohol motifs (C(OH)–C–C–N with tert-alkyl or cyclic N) is 1. The van der Waals surface area contributed by atoms with Gasteiger partial charge in [-0.1, -0.05) is 23.7 Å². The highest BCUT2D eigenvalue weighted by atomic mass is 35.5. The molecule has 2 heterocycles. The number of nitrogens with zero attached hydrogens (tertiary/aromatic N) is 1. The van der Waals surface area contributed by atoms with Gasteiger partial charge in [0.05, 0.1) is 12.7 Å². The first-order valence-corrected chi connectivity index (χ1v) is 10.3. The molecule has 1 saturated heterocycles. The van der Waals surface area contributed by atoms with E-state index in [-0.39, 0.29) is 6.61 Å². The van der Waals surface area contributed by atoms with E-state index in [1.807, 2.05) is 12.1 Å². The van der Waals surface area contributed by atoms with E-state index in [1.165, 1.54) is 18.4 Å². The van der Waals surface area contributed by atoms with Crippen LogP contribution < -0.4 is 4.74 Å².